The number of alkyl halides is 1. The van der Waals surface area contributed by atoms with E-state index in [1.165, 1.54) is 24.8 Å². The summed E-state index contributed by atoms with van der Waals surface area (Å²) in [7, 11) is 0. The topological polar surface area (TPSA) is 0 Å². The zero-order valence-corrected chi connectivity index (χ0v) is 11.4. The van der Waals surface area contributed by atoms with E-state index in [1.54, 1.807) is 0 Å². The second-order valence-electron chi connectivity index (χ2n) is 4.71. The third-order valence-corrected chi connectivity index (χ3v) is 4.16. The third-order valence-electron chi connectivity index (χ3n) is 3.48. The van der Waals surface area contributed by atoms with Crippen LogP contribution in [0.15, 0.2) is 30.3 Å². The maximum absolute atomic E-state index is 6.51. The average molecular weight is 239 g/mol. The summed E-state index contributed by atoms with van der Waals surface area (Å²) in [5.41, 5.74) is 1.25. The van der Waals surface area contributed by atoms with Gasteiger partial charge in [0.25, 0.3) is 0 Å². The molecule has 0 aliphatic heterocycles. The molecular formula is C15H23Cl. The van der Waals surface area contributed by atoms with Crippen LogP contribution in [0.25, 0.3) is 0 Å². The van der Waals surface area contributed by atoms with Gasteiger partial charge in [-0.2, -0.15) is 0 Å². The van der Waals surface area contributed by atoms with Crippen molar-refractivity contribution in [3.63, 3.8) is 0 Å². The van der Waals surface area contributed by atoms with Crippen LogP contribution in [0, 0.1) is 11.8 Å². The highest BCUT2D eigenvalue weighted by atomic mass is 35.5. The fourth-order valence-electron chi connectivity index (χ4n) is 2.23. The van der Waals surface area contributed by atoms with Crippen LogP contribution >= 0.6 is 11.6 Å². The van der Waals surface area contributed by atoms with Crippen molar-refractivity contribution in [2.75, 3.05) is 0 Å². The number of rotatable bonds is 6. The SMILES string of the molecule is CCC(CC)CC(C)C(Cl)c1ccccc1. The standard InChI is InChI=1S/C15H23Cl/c1-4-13(5-2)11-12(3)15(16)14-9-7-6-8-10-14/h6-10,12-13,15H,4-5,11H2,1-3H3. The lowest BCUT2D eigenvalue weighted by Crippen LogP contribution is -2.10. The van der Waals surface area contributed by atoms with E-state index in [1.807, 2.05) is 6.07 Å². The van der Waals surface area contributed by atoms with Gasteiger partial charge in [0.05, 0.1) is 5.38 Å². The van der Waals surface area contributed by atoms with Crippen molar-refractivity contribution < 1.29 is 0 Å². The van der Waals surface area contributed by atoms with Gasteiger partial charge in [0.2, 0.25) is 0 Å². The highest BCUT2D eigenvalue weighted by Crippen LogP contribution is 2.34. The molecule has 16 heavy (non-hydrogen) atoms. The van der Waals surface area contributed by atoms with E-state index in [2.05, 4.69) is 45.0 Å². The molecule has 0 spiro atoms. The van der Waals surface area contributed by atoms with Crippen molar-refractivity contribution >= 4 is 11.6 Å². The molecule has 2 atom stereocenters. The minimum atomic E-state index is 0.154. The predicted molar refractivity (Wildman–Crippen MR) is 72.9 cm³/mol. The first kappa shape index (κ1) is 13.6. The predicted octanol–water partition coefficient (Wildman–Crippen LogP) is 5.43. The van der Waals surface area contributed by atoms with Crippen LogP contribution in [0.4, 0.5) is 0 Å². The van der Waals surface area contributed by atoms with Gasteiger partial charge in [0.1, 0.15) is 0 Å². The summed E-state index contributed by atoms with van der Waals surface area (Å²) in [4.78, 5) is 0. The van der Waals surface area contributed by atoms with E-state index in [4.69, 9.17) is 11.6 Å². The smallest absolute Gasteiger partial charge is 0.0610 e. The Morgan fingerprint density at radius 3 is 2.12 bits per heavy atom. The average Bonchev–Trinajstić information content (AvgIpc) is 2.35. The van der Waals surface area contributed by atoms with Gasteiger partial charge < -0.3 is 0 Å². The van der Waals surface area contributed by atoms with Crippen LogP contribution in [0.2, 0.25) is 0 Å². The minimum Gasteiger partial charge on any atom is -0.118 e. The van der Waals surface area contributed by atoms with Crippen molar-refractivity contribution in [3.05, 3.63) is 35.9 Å². The number of hydrogen-bond donors (Lipinski definition) is 0. The molecule has 90 valence electrons. The lowest BCUT2D eigenvalue weighted by Gasteiger charge is -2.22. The first-order valence-corrected chi connectivity index (χ1v) is 6.81. The summed E-state index contributed by atoms with van der Waals surface area (Å²) in [5.74, 6) is 1.37. The van der Waals surface area contributed by atoms with Gasteiger partial charge in [-0.1, -0.05) is 63.9 Å². The van der Waals surface area contributed by atoms with Gasteiger partial charge in [-0.3, -0.25) is 0 Å². The molecule has 1 aromatic carbocycles. The monoisotopic (exact) mass is 238 g/mol. The molecule has 0 bridgehead atoms. The second kappa shape index (κ2) is 6.96. The van der Waals surface area contributed by atoms with Crippen LogP contribution in [-0.2, 0) is 0 Å². The van der Waals surface area contributed by atoms with Crippen LogP contribution in [0.5, 0.6) is 0 Å². The quantitative estimate of drug-likeness (QED) is 0.580. The molecule has 1 heteroatoms. The summed E-state index contributed by atoms with van der Waals surface area (Å²) >= 11 is 6.51. The largest absolute Gasteiger partial charge is 0.118 e. The first-order chi connectivity index (χ1) is 7.69. The maximum atomic E-state index is 6.51. The van der Waals surface area contributed by atoms with E-state index in [0.29, 0.717) is 5.92 Å². The Bertz CT molecular complexity index is 277. The molecule has 1 aromatic rings. The fourth-order valence-corrected chi connectivity index (χ4v) is 2.48. The minimum absolute atomic E-state index is 0.154. The van der Waals surface area contributed by atoms with E-state index in [9.17, 15) is 0 Å². The molecule has 0 saturated carbocycles. The molecule has 0 radical (unpaired) electrons. The molecular weight excluding hydrogens is 216 g/mol. The fraction of sp³-hybridized carbons (Fsp3) is 0.600. The molecule has 0 aliphatic carbocycles. The molecule has 0 nitrogen and oxygen atoms in total. The molecule has 1 rings (SSSR count). The van der Waals surface area contributed by atoms with E-state index in [0.717, 1.165) is 5.92 Å². The lowest BCUT2D eigenvalue weighted by atomic mass is 9.88. The van der Waals surface area contributed by atoms with Gasteiger partial charge in [-0.05, 0) is 23.8 Å². The molecule has 0 saturated heterocycles. The zero-order valence-electron chi connectivity index (χ0n) is 10.6. The molecule has 2 unspecified atom stereocenters. The summed E-state index contributed by atoms with van der Waals surface area (Å²) in [6.07, 6.45) is 3.76. The first-order valence-electron chi connectivity index (χ1n) is 6.38. The van der Waals surface area contributed by atoms with Crippen LogP contribution in [0.3, 0.4) is 0 Å². The highest BCUT2D eigenvalue weighted by Gasteiger charge is 2.19. The summed E-state index contributed by atoms with van der Waals surface area (Å²) in [6.45, 7) is 6.81. The number of hydrogen-bond acceptors (Lipinski definition) is 0. The van der Waals surface area contributed by atoms with E-state index in [-0.39, 0.29) is 5.38 Å². The van der Waals surface area contributed by atoms with Crippen LogP contribution in [0.1, 0.15) is 51.0 Å². The van der Waals surface area contributed by atoms with E-state index < -0.39 is 0 Å². The number of halogens is 1. The second-order valence-corrected chi connectivity index (χ2v) is 5.18. The van der Waals surface area contributed by atoms with Gasteiger partial charge in [0.15, 0.2) is 0 Å². The van der Waals surface area contributed by atoms with Crippen LogP contribution in [-0.4, -0.2) is 0 Å². The Labute approximate surface area is 105 Å². The summed E-state index contributed by atoms with van der Waals surface area (Å²) in [6, 6.07) is 10.4. The summed E-state index contributed by atoms with van der Waals surface area (Å²) in [5, 5.41) is 0.154. The number of benzene rings is 1. The lowest BCUT2D eigenvalue weighted by molar-refractivity contribution is 0.364. The van der Waals surface area contributed by atoms with Crippen molar-refractivity contribution in [1.29, 1.82) is 0 Å². The molecule has 0 fully saturated rings. The van der Waals surface area contributed by atoms with Crippen LogP contribution < -0.4 is 0 Å². The zero-order chi connectivity index (χ0) is 12.0. The van der Waals surface area contributed by atoms with Gasteiger partial charge in [-0.15, -0.1) is 11.6 Å². The highest BCUT2D eigenvalue weighted by molar-refractivity contribution is 6.20. The Morgan fingerprint density at radius 1 is 1.06 bits per heavy atom. The Hall–Kier alpha value is -0.490. The maximum Gasteiger partial charge on any atom is 0.0610 e. The van der Waals surface area contributed by atoms with Crippen molar-refractivity contribution in [3.8, 4) is 0 Å². The summed E-state index contributed by atoms with van der Waals surface area (Å²) < 4.78 is 0. The molecule has 0 N–H and O–H groups in total. The Balaban J connectivity index is 2.57. The van der Waals surface area contributed by atoms with Crippen molar-refractivity contribution in [2.24, 2.45) is 11.8 Å². The normalized spacial score (nSPS) is 15.1. The molecule has 0 heterocycles. The Morgan fingerprint density at radius 2 is 1.62 bits per heavy atom. The van der Waals surface area contributed by atoms with Crippen molar-refractivity contribution in [1.82, 2.24) is 0 Å². The van der Waals surface area contributed by atoms with Gasteiger partial charge in [0, 0.05) is 0 Å². The third kappa shape index (κ3) is 3.83. The Kier molecular flexibility index (Phi) is 5.90. The van der Waals surface area contributed by atoms with Crippen molar-refractivity contribution in [2.45, 2.75) is 45.4 Å². The van der Waals surface area contributed by atoms with E-state index >= 15 is 0 Å². The molecule has 0 aliphatic rings. The molecule has 0 aromatic heterocycles. The van der Waals surface area contributed by atoms with Gasteiger partial charge >= 0.3 is 0 Å². The molecule has 0 amide bonds. The van der Waals surface area contributed by atoms with Gasteiger partial charge in [-0.25, -0.2) is 0 Å².